The molecule has 3 N–H and O–H groups in total. The molecule has 0 saturated heterocycles. The third-order valence-electron chi connectivity index (χ3n) is 2.29. The molecule has 0 aromatic rings. The average Bonchev–Trinajstić information content (AvgIpc) is 2.53. The molecule has 0 amide bonds. The van der Waals surface area contributed by atoms with E-state index >= 15 is 0 Å². The molecule has 0 aliphatic heterocycles. The number of hydrogen-bond acceptors (Lipinski definition) is 4. The quantitative estimate of drug-likeness (QED) is 0.559. The molecule has 0 aromatic heterocycles. The standard InChI is InChI=1S/C11H14O4/c1-2-3-8(6-12)10-9(14)4-5-11(10,15)7-13/h2-5,12-13,15H,6-7H2,1H3/b3-2+,10-8-/t11-/m0/s1. The lowest BCUT2D eigenvalue weighted by Crippen LogP contribution is -2.33. The molecule has 0 radical (unpaired) electrons. The number of aliphatic hydroxyl groups is 3. The van der Waals surface area contributed by atoms with E-state index in [2.05, 4.69) is 0 Å². The van der Waals surface area contributed by atoms with Gasteiger partial charge in [-0.2, -0.15) is 0 Å². The molecule has 0 spiro atoms. The van der Waals surface area contributed by atoms with E-state index in [1.54, 1.807) is 19.1 Å². The Morgan fingerprint density at radius 1 is 1.53 bits per heavy atom. The third-order valence-corrected chi connectivity index (χ3v) is 2.29. The van der Waals surface area contributed by atoms with Crippen molar-refractivity contribution in [1.29, 1.82) is 0 Å². The van der Waals surface area contributed by atoms with Gasteiger partial charge in [-0.15, -0.1) is 0 Å². The molecule has 0 bridgehead atoms. The lowest BCUT2D eigenvalue weighted by molar-refractivity contribution is -0.112. The van der Waals surface area contributed by atoms with Crippen LogP contribution >= 0.6 is 0 Å². The van der Waals surface area contributed by atoms with Crippen molar-refractivity contribution < 1.29 is 20.1 Å². The second-order valence-electron chi connectivity index (χ2n) is 3.34. The molecule has 1 rings (SSSR count). The topological polar surface area (TPSA) is 77.8 Å². The Labute approximate surface area is 87.9 Å². The first-order chi connectivity index (χ1) is 7.09. The van der Waals surface area contributed by atoms with Crippen LogP contribution in [0.15, 0.2) is 35.5 Å². The molecule has 15 heavy (non-hydrogen) atoms. The lowest BCUT2D eigenvalue weighted by Gasteiger charge is -2.21. The summed E-state index contributed by atoms with van der Waals surface area (Å²) in [6, 6.07) is 0. The van der Waals surface area contributed by atoms with Crippen LogP contribution in [0.3, 0.4) is 0 Å². The van der Waals surface area contributed by atoms with Crippen molar-refractivity contribution >= 4 is 5.78 Å². The van der Waals surface area contributed by atoms with Gasteiger partial charge in [-0.25, -0.2) is 0 Å². The van der Waals surface area contributed by atoms with Crippen molar-refractivity contribution in [2.45, 2.75) is 12.5 Å². The summed E-state index contributed by atoms with van der Waals surface area (Å²) in [7, 11) is 0. The molecule has 1 aliphatic carbocycles. The number of rotatable bonds is 3. The number of aliphatic hydroxyl groups excluding tert-OH is 2. The van der Waals surface area contributed by atoms with E-state index in [-0.39, 0.29) is 18.0 Å². The van der Waals surface area contributed by atoms with E-state index < -0.39 is 12.2 Å². The van der Waals surface area contributed by atoms with Gasteiger partial charge in [0, 0.05) is 5.57 Å². The fourth-order valence-electron chi connectivity index (χ4n) is 1.58. The molecule has 4 nitrogen and oxygen atoms in total. The lowest BCUT2D eigenvalue weighted by atomic mass is 9.92. The highest BCUT2D eigenvalue weighted by Gasteiger charge is 2.38. The van der Waals surface area contributed by atoms with Gasteiger partial charge in [0.15, 0.2) is 5.78 Å². The number of ketones is 1. The molecular weight excluding hydrogens is 196 g/mol. The normalized spacial score (nSPS) is 29.2. The van der Waals surface area contributed by atoms with Gasteiger partial charge in [-0.05, 0) is 24.6 Å². The summed E-state index contributed by atoms with van der Waals surface area (Å²) in [5.74, 6) is -0.381. The number of carbonyl (C=O) groups excluding carboxylic acids is 1. The second-order valence-corrected chi connectivity index (χ2v) is 3.34. The predicted molar refractivity (Wildman–Crippen MR) is 55.1 cm³/mol. The van der Waals surface area contributed by atoms with Crippen LogP contribution in [0.25, 0.3) is 0 Å². The van der Waals surface area contributed by atoms with Gasteiger partial charge in [-0.1, -0.05) is 12.2 Å². The maximum atomic E-state index is 11.5. The monoisotopic (exact) mass is 210 g/mol. The Morgan fingerprint density at radius 3 is 2.67 bits per heavy atom. The first kappa shape index (κ1) is 11.8. The first-order valence-corrected chi connectivity index (χ1v) is 4.63. The van der Waals surface area contributed by atoms with Crippen molar-refractivity contribution in [2.75, 3.05) is 13.2 Å². The molecular formula is C11H14O4. The summed E-state index contributed by atoms with van der Waals surface area (Å²) in [4.78, 5) is 11.5. The Balaban J connectivity index is 3.26. The van der Waals surface area contributed by atoms with Crippen molar-refractivity contribution in [1.82, 2.24) is 0 Å². The summed E-state index contributed by atoms with van der Waals surface area (Å²) in [6.45, 7) is 0.808. The maximum Gasteiger partial charge on any atom is 0.185 e. The minimum atomic E-state index is -1.66. The highest BCUT2D eigenvalue weighted by molar-refractivity contribution is 6.10. The van der Waals surface area contributed by atoms with E-state index in [1.807, 2.05) is 0 Å². The second kappa shape index (κ2) is 4.53. The fourth-order valence-corrected chi connectivity index (χ4v) is 1.58. The largest absolute Gasteiger partial charge is 0.393 e. The van der Waals surface area contributed by atoms with E-state index in [1.165, 1.54) is 12.2 Å². The van der Waals surface area contributed by atoms with Crippen molar-refractivity contribution in [3.05, 3.63) is 35.5 Å². The average molecular weight is 210 g/mol. The molecule has 1 aliphatic rings. The highest BCUT2D eigenvalue weighted by atomic mass is 16.3. The van der Waals surface area contributed by atoms with Gasteiger partial charge in [-0.3, -0.25) is 4.79 Å². The maximum absolute atomic E-state index is 11.5. The minimum absolute atomic E-state index is 0.0469. The van der Waals surface area contributed by atoms with Crippen molar-refractivity contribution in [3.63, 3.8) is 0 Å². The van der Waals surface area contributed by atoms with Crippen LogP contribution in [0.5, 0.6) is 0 Å². The van der Waals surface area contributed by atoms with Crippen LogP contribution in [-0.2, 0) is 4.79 Å². The Kier molecular flexibility index (Phi) is 3.57. The summed E-state index contributed by atoms with van der Waals surface area (Å²) >= 11 is 0. The van der Waals surface area contributed by atoms with Crippen molar-refractivity contribution in [2.24, 2.45) is 0 Å². The van der Waals surface area contributed by atoms with Crippen LogP contribution < -0.4 is 0 Å². The molecule has 4 heteroatoms. The van der Waals surface area contributed by atoms with Gasteiger partial charge < -0.3 is 15.3 Å². The van der Waals surface area contributed by atoms with E-state index in [0.29, 0.717) is 5.57 Å². The zero-order chi connectivity index (χ0) is 11.5. The third kappa shape index (κ3) is 2.07. The Morgan fingerprint density at radius 2 is 2.20 bits per heavy atom. The van der Waals surface area contributed by atoms with Gasteiger partial charge in [0.1, 0.15) is 5.60 Å². The van der Waals surface area contributed by atoms with E-state index in [0.717, 1.165) is 0 Å². The minimum Gasteiger partial charge on any atom is -0.393 e. The van der Waals surface area contributed by atoms with Gasteiger partial charge in [0.05, 0.1) is 13.2 Å². The molecule has 0 unspecified atom stereocenters. The van der Waals surface area contributed by atoms with Crippen LogP contribution in [0.1, 0.15) is 6.92 Å². The number of hydrogen-bond donors (Lipinski definition) is 3. The smallest absolute Gasteiger partial charge is 0.185 e. The number of carbonyl (C=O) groups is 1. The Bertz CT molecular complexity index is 352. The molecule has 82 valence electrons. The van der Waals surface area contributed by atoms with Crippen LogP contribution in [-0.4, -0.2) is 39.9 Å². The molecule has 0 saturated carbocycles. The molecule has 0 fully saturated rings. The molecule has 0 heterocycles. The van der Waals surface area contributed by atoms with Gasteiger partial charge in [0.25, 0.3) is 0 Å². The first-order valence-electron chi connectivity index (χ1n) is 4.63. The van der Waals surface area contributed by atoms with Crippen LogP contribution in [0.2, 0.25) is 0 Å². The zero-order valence-corrected chi connectivity index (χ0v) is 8.47. The predicted octanol–water partition coefficient (Wildman–Crippen LogP) is -0.286. The van der Waals surface area contributed by atoms with E-state index in [4.69, 9.17) is 10.2 Å². The molecule has 1 atom stereocenters. The van der Waals surface area contributed by atoms with Crippen molar-refractivity contribution in [3.8, 4) is 0 Å². The van der Waals surface area contributed by atoms with Gasteiger partial charge in [0.2, 0.25) is 0 Å². The summed E-state index contributed by atoms with van der Waals surface area (Å²) in [5.41, 5.74) is -1.29. The summed E-state index contributed by atoms with van der Waals surface area (Å²) in [5, 5.41) is 28.0. The highest BCUT2D eigenvalue weighted by Crippen LogP contribution is 2.29. The SMILES string of the molecule is C/C=C/C(CO)=C1\C(=O)C=C[C@]1(O)CO. The summed E-state index contributed by atoms with van der Waals surface area (Å²) < 4.78 is 0. The van der Waals surface area contributed by atoms with E-state index in [9.17, 15) is 9.90 Å². The molecule has 0 aromatic carbocycles. The summed E-state index contributed by atoms with van der Waals surface area (Å²) in [6.07, 6.45) is 5.64. The Hall–Kier alpha value is -1.23. The van der Waals surface area contributed by atoms with Crippen LogP contribution in [0.4, 0.5) is 0 Å². The van der Waals surface area contributed by atoms with Crippen LogP contribution in [0, 0.1) is 0 Å². The fraction of sp³-hybridized carbons (Fsp3) is 0.364. The number of allylic oxidation sites excluding steroid dienone is 2. The zero-order valence-electron chi connectivity index (χ0n) is 8.47. The van der Waals surface area contributed by atoms with Gasteiger partial charge >= 0.3 is 0 Å².